The molecule has 0 aromatic heterocycles. The summed E-state index contributed by atoms with van der Waals surface area (Å²) >= 11 is 5.81. The molecule has 6 heteroatoms. The maximum Gasteiger partial charge on any atom is 0.217 e. The molecular formula is C16H23ClN2O3. The number of nitrogens with two attached hydrogens (primary N) is 1. The molecule has 1 heterocycles. The second-order valence-electron chi connectivity index (χ2n) is 5.86. The lowest BCUT2D eigenvalue weighted by molar-refractivity contribution is -0.119. The molecular weight excluding hydrogens is 304 g/mol. The molecule has 1 saturated heterocycles. The molecule has 0 bridgehead atoms. The third-order valence-corrected chi connectivity index (χ3v) is 4.07. The Hall–Kier alpha value is -1.30. The van der Waals surface area contributed by atoms with E-state index in [0.29, 0.717) is 29.7 Å². The Labute approximate surface area is 136 Å². The van der Waals surface area contributed by atoms with E-state index in [1.165, 1.54) is 0 Å². The Morgan fingerprint density at radius 2 is 2.18 bits per heavy atom. The van der Waals surface area contributed by atoms with Crippen molar-refractivity contribution >= 4 is 17.5 Å². The van der Waals surface area contributed by atoms with Crippen LogP contribution in [0.3, 0.4) is 0 Å². The molecule has 1 aliphatic rings. The molecule has 1 aromatic rings. The topological polar surface area (TPSA) is 75.8 Å². The van der Waals surface area contributed by atoms with Gasteiger partial charge in [0.1, 0.15) is 18.5 Å². The normalized spacial score (nSPS) is 20.5. The monoisotopic (exact) mass is 326 g/mol. The van der Waals surface area contributed by atoms with Crippen LogP contribution >= 0.6 is 11.6 Å². The average molecular weight is 327 g/mol. The van der Waals surface area contributed by atoms with Gasteiger partial charge in [0.05, 0.1) is 0 Å². The minimum Gasteiger partial charge on any atom is -0.491 e. The summed E-state index contributed by atoms with van der Waals surface area (Å²) in [6.07, 6.45) is 1.91. The van der Waals surface area contributed by atoms with Gasteiger partial charge in [0.25, 0.3) is 0 Å². The van der Waals surface area contributed by atoms with Gasteiger partial charge in [0.2, 0.25) is 5.91 Å². The average Bonchev–Trinajstić information content (AvgIpc) is 2.46. The summed E-state index contributed by atoms with van der Waals surface area (Å²) in [6.45, 7) is 2.52. The van der Waals surface area contributed by atoms with Gasteiger partial charge in [-0.2, -0.15) is 0 Å². The third-order valence-electron chi connectivity index (χ3n) is 3.82. The number of primary amides is 1. The molecule has 1 aliphatic heterocycles. The molecule has 1 amide bonds. The van der Waals surface area contributed by atoms with Gasteiger partial charge in [-0.1, -0.05) is 11.6 Å². The first kappa shape index (κ1) is 17.1. The van der Waals surface area contributed by atoms with Gasteiger partial charge in [-0.15, -0.1) is 0 Å². The number of rotatable bonds is 7. The first-order chi connectivity index (χ1) is 10.5. The zero-order chi connectivity index (χ0) is 15.9. The summed E-state index contributed by atoms with van der Waals surface area (Å²) in [4.78, 5) is 13.2. The number of carbonyl (C=O) groups excluding carboxylic acids is 1. The lowest BCUT2D eigenvalue weighted by atomic mass is 9.94. The Kier molecular flexibility index (Phi) is 6.49. The molecule has 0 radical (unpaired) electrons. The fourth-order valence-corrected chi connectivity index (χ4v) is 2.97. The zero-order valence-electron chi connectivity index (χ0n) is 12.6. The number of amides is 1. The highest BCUT2D eigenvalue weighted by Crippen LogP contribution is 2.20. The van der Waals surface area contributed by atoms with Crippen LogP contribution < -0.4 is 10.5 Å². The van der Waals surface area contributed by atoms with Crippen molar-refractivity contribution in [2.45, 2.75) is 25.4 Å². The van der Waals surface area contributed by atoms with Gasteiger partial charge in [-0.05, 0) is 49.6 Å². The van der Waals surface area contributed by atoms with Gasteiger partial charge in [-0.25, -0.2) is 0 Å². The van der Waals surface area contributed by atoms with Crippen LogP contribution in [-0.4, -0.2) is 48.3 Å². The number of aliphatic hydroxyl groups is 1. The van der Waals surface area contributed by atoms with Crippen LogP contribution in [0.2, 0.25) is 5.02 Å². The van der Waals surface area contributed by atoms with E-state index in [-0.39, 0.29) is 12.5 Å². The summed E-state index contributed by atoms with van der Waals surface area (Å²) in [6, 6.07) is 7.06. The van der Waals surface area contributed by atoms with Crippen LogP contribution in [0.25, 0.3) is 0 Å². The second kappa shape index (κ2) is 8.36. The SMILES string of the molecule is NC(=O)CC1CCCN(CC(O)COc2ccc(Cl)cc2)C1. The number of halogens is 1. The quantitative estimate of drug-likeness (QED) is 0.799. The van der Waals surface area contributed by atoms with Crippen molar-refractivity contribution in [1.82, 2.24) is 4.90 Å². The van der Waals surface area contributed by atoms with Crippen LogP contribution in [0, 0.1) is 5.92 Å². The van der Waals surface area contributed by atoms with Crippen molar-refractivity contribution in [2.24, 2.45) is 11.7 Å². The lowest BCUT2D eigenvalue weighted by Crippen LogP contribution is -2.42. The summed E-state index contributed by atoms with van der Waals surface area (Å²) in [7, 11) is 0. The Morgan fingerprint density at radius 1 is 1.45 bits per heavy atom. The van der Waals surface area contributed by atoms with Gasteiger partial charge in [-0.3, -0.25) is 4.79 Å². The number of carbonyl (C=O) groups is 1. The maximum absolute atomic E-state index is 11.0. The van der Waals surface area contributed by atoms with Crippen molar-refractivity contribution in [1.29, 1.82) is 0 Å². The Bertz CT molecular complexity index is 481. The van der Waals surface area contributed by atoms with Gasteiger partial charge in [0.15, 0.2) is 0 Å². The number of piperidine rings is 1. The third kappa shape index (κ3) is 5.83. The number of aliphatic hydroxyl groups excluding tert-OH is 1. The summed E-state index contributed by atoms with van der Waals surface area (Å²) < 4.78 is 5.55. The molecule has 1 fully saturated rings. The van der Waals surface area contributed by atoms with Gasteiger partial charge in [0, 0.05) is 24.5 Å². The molecule has 22 heavy (non-hydrogen) atoms. The van der Waals surface area contributed by atoms with E-state index < -0.39 is 6.10 Å². The summed E-state index contributed by atoms with van der Waals surface area (Å²) in [5.41, 5.74) is 5.26. The Morgan fingerprint density at radius 3 is 2.86 bits per heavy atom. The van der Waals surface area contributed by atoms with Crippen molar-refractivity contribution in [3.05, 3.63) is 29.3 Å². The maximum atomic E-state index is 11.0. The minimum absolute atomic E-state index is 0.235. The smallest absolute Gasteiger partial charge is 0.217 e. The fraction of sp³-hybridized carbons (Fsp3) is 0.562. The molecule has 2 unspecified atom stereocenters. The lowest BCUT2D eigenvalue weighted by Gasteiger charge is -2.33. The molecule has 1 aromatic carbocycles. The number of hydrogen-bond donors (Lipinski definition) is 2. The van der Waals surface area contributed by atoms with Crippen molar-refractivity contribution in [3.8, 4) is 5.75 Å². The molecule has 0 aliphatic carbocycles. The fourth-order valence-electron chi connectivity index (χ4n) is 2.84. The number of β-amino-alcohol motifs (C(OH)–C–C–N with tert-alkyl or cyclic N) is 1. The van der Waals surface area contributed by atoms with Gasteiger partial charge >= 0.3 is 0 Å². The predicted molar refractivity (Wildman–Crippen MR) is 85.9 cm³/mol. The number of hydrogen-bond acceptors (Lipinski definition) is 4. The van der Waals surface area contributed by atoms with E-state index in [9.17, 15) is 9.90 Å². The molecule has 0 spiro atoms. The Balaban J connectivity index is 1.72. The van der Waals surface area contributed by atoms with Crippen molar-refractivity contribution in [2.75, 3.05) is 26.2 Å². The van der Waals surface area contributed by atoms with E-state index in [1.54, 1.807) is 24.3 Å². The highest BCUT2D eigenvalue weighted by atomic mass is 35.5. The summed E-state index contributed by atoms with van der Waals surface area (Å²) in [5, 5.41) is 10.8. The number of likely N-dealkylation sites (tertiary alicyclic amines) is 1. The summed E-state index contributed by atoms with van der Waals surface area (Å²) in [5.74, 6) is 0.739. The first-order valence-electron chi connectivity index (χ1n) is 7.60. The van der Waals surface area contributed by atoms with E-state index in [0.717, 1.165) is 25.9 Å². The number of benzene rings is 1. The second-order valence-corrected chi connectivity index (χ2v) is 6.29. The van der Waals surface area contributed by atoms with Crippen LogP contribution in [0.15, 0.2) is 24.3 Å². The molecule has 3 N–H and O–H groups in total. The van der Waals surface area contributed by atoms with Crippen LogP contribution in [-0.2, 0) is 4.79 Å². The first-order valence-corrected chi connectivity index (χ1v) is 7.98. The standard InChI is InChI=1S/C16H23ClN2O3/c17-13-3-5-15(6-4-13)22-11-14(20)10-19-7-1-2-12(9-19)8-16(18)21/h3-6,12,14,20H,1-2,7-11H2,(H2,18,21). The van der Waals surface area contributed by atoms with Gasteiger partial charge < -0.3 is 20.5 Å². The number of ether oxygens (including phenoxy) is 1. The molecule has 0 saturated carbocycles. The predicted octanol–water partition coefficient (Wildman–Crippen LogP) is 1.67. The van der Waals surface area contributed by atoms with Crippen molar-refractivity contribution < 1.29 is 14.6 Å². The molecule has 2 atom stereocenters. The molecule has 122 valence electrons. The highest BCUT2D eigenvalue weighted by Gasteiger charge is 2.23. The van der Waals surface area contributed by atoms with E-state index in [4.69, 9.17) is 22.1 Å². The van der Waals surface area contributed by atoms with Crippen LogP contribution in [0.4, 0.5) is 0 Å². The molecule has 5 nitrogen and oxygen atoms in total. The van der Waals surface area contributed by atoms with Crippen molar-refractivity contribution in [3.63, 3.8) is 0 Å². The zero-order valence-corrected chi connectivity index (χ0v) is 13.3. The van der Waals surface area contributed by atoms with E-state index >= 15 is 0 Å². The van der Waals surface area contributed by atoms with Crippen LogP contribution in [0.5, 0.6) is 5.75 Å². The highest BCUT2D eigenvalue weighted by molar-refractivity contribution is 6.30. The van der Waals surface area contributed by atoms with Crippen LogP contribution in [0.1, 0.15) is 19.3 Å². The minimum atomic E-state index is -0.567. The van der Waals surface area contributed by atoms with E-state index in [2.05, 4.69) is 4.90 Å². The number of nitrogens with zero attached hydrogens (tertiary/aromatic N) is 1. The largest absolute Gasteiger partial charge is 0.491 e. The molecule has 2 rings (SSSR count). The van der Waals surface area contributed by atoms with E-state index in [1.807, 2.05) is 0 Å².